The summed E-state index contributed by atoms with van der Waals surface area (Å²) in [7, 11) is 0. The number of carbonyl (C=O) groups is 3. The van der Waals surface area contributed by atoms with Gasteiger partial charge in [0.1, 0.15) is 18.5 Å². The van der Waals surface area contributed by atoms with Gasteiger partial charge in [0.2, 0.25) is 5.91 Å². The number of aliphatic carboxylic acids is 1. The molecular formula is C26H24BrN3O5. The molecule has 0 saturated heterocycles. The van der Waals surface area contributed by atoms with Gasteiger partial charge in [-0.3, -0.25) is 9.59 Å². The molecule has 0 spiro atoms. The Labute approximate surface area is 210 Å². The maximum Gasteiger partial charge on any atom is 0.407 e. The van der Waals surface area contributed by atoms with Crippen LogP contribution in [0, 0.1) is 6.92 Å². The molecule has 1 aliphatic carbocycles. The summed E-state index contributed by atoms with van der Waals surface area (Å²) < 4.78 is 6.30. The van der Waals surface area contributed by atoms with Crippen molar-refractivity contribution >= 4 is 39.7 Å². The van der Waals surface area contributed by atoms with Crippen LogP contribution in [0.4, 0.5) is 10.6 Å². The number of carboxylic acid groups (broad SMARTS) is 1. The zero-order valence-electron chi connectivity index (χ0n) is 19.0. The lowest BCUT2D eigenvalue weighted by molar-refractivity contribution is -0.137. The second kappa shape index (κ2) is 10.7. The molecule has 3 aromatic rings. The Hall–Kier alpha value is -3.72. The highest BCUT2D eigenvalue weighted by Gasteiger charge is 2.30. The molecule has 8 nitrogen and oxygen atoms in total. The lowest BCUT2D eigenvalue weighted by atomic mass is 9.98. The predicted molar refractivity (Wildman–Crippen MR) is 134 cm³/mol. The quantitative estimate of drug-likeness (QED) is 0.377. The topological polar surface area (TPSA) is 118 Å². The van der Waals surface area contributed by atoms with E-state index in [4.69, 9.17) is 9.84 Å². The first kappa shape index (κ1) is 24.4. The van der Waals surface area contributed by atoms with E-state index in [0.717, 1.165) is 32.3 Å². The smallest absolute Gasteiger partial charge is 0.407 e. The Morgan fingerprint density at radius 3 is 2.31 bits per heavy atom. The van der Waals surface area contributed by atoms with Crippen LogP contribution in [0.2, 0.25) is 0 Å². The van der Waals surface area contributed by atoms with Gasteiger partial charge in [-0.25, -0.2) is 9.78 Å². The minimum absolute atomic E-state index is 0.0839. The van der Waals surface area contributed by atoms with Crippen LogP contribution in [0.15, 0.2) is 65.3 Å². The average Bonchev–Trinajstić information content (AvgIpc) is 3.16. The van der Waals surface area contributed by atoms with E-state index in [1.54, 1.807) is 12.3 Å². The Kier molecular flexibility index (Phi) is 7.45. The first-order chi connectivity index (χ1) is 16.8. The van der Waals surface area contributed by atoms with Crippen molar-refractivity contribution in [1.29, 1.82) is 0 Å². The van der Waals surface area contributed by atoms with Crippen molar-refractivity contribution in [1.82, 2.24) is 10.3 Å². The third-order valence-corrected chi connectivity index (χ3v) is 6.73. The number of pyridine rings is 1. The number of hydrogen-bond donors (Lipinski definition) is 3. The number of amides is 2. The van der Waals surface area contributed by atoms with Gasteiger partial charge in [0.25, 0.3) is 0 Å². The molecule has 35 heavy (non-hydrogen) atoms. The molecule has 0 aliphatic heterocycles. The maximum atomic E-state index is 12.8. The van der Waals surface area contributed by atoms with E-state index in [0.29, 0.717) is 5.82 Å². The maximum absolute atomic E-state index is 12.8. The summed E-state index contributed by atoms with van der Waals surface area (Å²) in [4.78, 5) is 40.7. The van der Waals surface area contributed by atoms with Crippen molar-refractivity contribution in [3.63, 3.8) is 0 Å². The van der Waals surface area contributed by atoms with Crippen LogP contribution in [0.5, 0.6) is 0 Å². The van der Waals surface area contributed by atoms with Crippen LogP contribution in [0.3, 0.4) is 0 Å². The lowest BCUT2D eigenvalue weighted by Gasteiger charge is -2.19. The van der Waals surface area contributed by atoms with Gasteiger partial charge in [0, 0.05) is 23.0 Å². The second-order valence-electron chi connectivity index (χ2n) is 8.26. The lowest BCUT2D eigenvalue weighted by Crippen LogP contribution is -2.44. The molecule has 2 amide bonds. The highest BCUT2D eigenvalue weighted by Crippen LogP contribution is 2.44. The van der Waals surface area contributed by atoms with E-state index in [1.807, 2.05) is 55.5 Å². The SMILES string of the molecule is Cc1cc(NC(=O)C(CCC(=O)O)NC(=O)OCC2c3ccccc3-c3ccccc32)ncc1Br. The Balaban J connectivity index is 1.43. The summed E-state index contributed by atoms with van der Waals surface area (Å²) in [6.45, 7) is 1.93. The number of nitrogens with zero attached hydrogens (tertiary/aromatic N) is 1. The van der Waals surface area contributed by atoms with Gasteiger partial charge < -0.3 is 20.5 Å². The molecule has 1 aromatic heterocycles. The monoisotopic (exact) mass is 537 g/mol. The number of halogens is 1. The average molecular weight is 538 g/mol. The predicted octanol–water partition coefficient (Wildman–Crippen LogP) is 4.86. The van der Waals surface area contributed by atoms with Crippen LogP contribution in [0.1, 0.15) is 35.4 Å². The summed E-state index contributed by atoms with van der Waals surface area (Å²) in [5.41, 5.74) is 5.21. The van der Waals surface area contributed by atoms with E-state index in [-0.39, 0.29) is 25.4 Å². The molecule has 1 heterocycles. The molecule has 0 saturated carbocycles. The number of carbonyl (C=O) groups excluding carboxylic acids is 2. The van der Waals surface area contributed by atoms with E-state index in [1.165, 1.54) is 0 Å². The Morgan fingerprint density at radius 1 is 1.09 bits per heavy atom. The van der Waals surface area contributed by atoms with Crippen molar-refractivity contribution in [2.24, 2.45) is 0 Å². The molecule has 1 unspecified atom stereocenters. The number of hydrogen-bond acceptors (Lipinski definition) is 5. The summed E-state index contributed by atoms with van der Waals surface area (Å²) in [5.74, 6) is -1.48. The molecular weight excluding hydrogens is 514 g/mol. The first-order valence-corrected chi connectivity index (χ1v) is 11.9. The molecule has 0 radical (unpaired) electrons. The molecule has 3 N–H and O–H groups in total. The number of alkyl carbamates (subject to hydrolysis) is 1. The second-order valence-corrected chi connectivity index (χ2v) is 9.12. The Bertz CT molecular complexity index is 1230. The number of aryl methyl sites for hydroxylation is 1. The Morgan fingerprint density at radius 2 is 1.71 bits per heavy atom. The molecule has 180 valence electrons. The van der Waals surface area contributed by atoms with E-state index < -0.39 is 24.0 Å². The zero-order chi connectivity index (χ0) is 24.9. The van der Waals surface area contributed by atoms with Crippen molar-refractivity contribution in [2.45, 2.75) is 31.7 Å². The van der Waals surface area contributed by atoms with Crippen molar-refractivity contribution in [2.75, 3.05) is 11.9 Å². The number of ether oxygens (including phenoxy) is 1. The fourth-order valence-corrected chi connectivity index (χ4v) is 4.36. The van der Waals surface area contributed by atoms with E-state index in [9.17, 15) is 14.4 Å². The normalized spacial score (nSPS) is 12.9. The minimum Gasteiger partial charge on any atom is -0.481 e. The number of benzene rings is 2. The summed E-state index contributed by atoms with van der Waals surface area (Å²) in [6.07, 6.45) is 0.364. The van der Waals surface area contributed by atoms with Crippen molar-refractivity contribution in [3.8, 4) is 11.1 Å². The molecule has 4 rings (SSSR count). The van der Waals surface area contributed by atoms with Gasteiger partial charge in [-0.15, -0.1) is 0 Å². The third kappa shape index (κ3) is 5.68. The number of nitrogens with one attached hydrogen (secondary N) is 2. The molecule has 2 aromatic carbocycles. The molecule has 9 heteroatoms. The molecule has 1 aliphatic rings. The van der Waals surface area contributed by atoms with Crippen LogP contribution < -0.4 is 10.6 Å². The highest BCUT2D eigenvalue weighted by atomic mass is 79.9. The molecule has 0 fully saturated rings. The van der Waals surface area contributed by atoms with Gasteiger partial charge in [-0.2, -0.15) is 0 Å². The number of anilines is 1. The van der Waals surface area contributed by atoms with Crippen molar-refractivity contribution < 1.29 is 24.2 Å². The number of aromatic nitrogens is 1. The van der Waals surface area contributed by atoms with Gasteiger partial charge >= 0.3 is 12.1 Å². The largest absolute Gasteiger partial charge is 0.481 e. The standard InChI is InChI=1S/C26H24BrN3O5/c1-15-12-23(28-13-21(15)27)30-25(33)22(10-11-24(31)32)29-26(34)35-14-20-18-8-4-2-6-16(18)17-7-3-5-9-19(17)20/h2-9,12-13,20,22H,10-11,14H2,1H3,(H,29,34)(H,31,32)(H,28,30,33). The highest BCUT2D eigenvalue weighted by molar-refractivity contribution is 9.10. The number of fused-ring (bicyclic) bond motifs is 3. The van der Waals surface area contributed by atoms with Gasteiger partial charge in [-0.1, -0.05) is 48.5 Å². The first-order valence-electron chi connectivity index (χ1n) is 11.1. The van der Waals surface area contributed by atoms with Gasteiger partial charge in [0.05, 0.1) is 0 Å². The van der Waals surface area contributed by atoms with Crippen LogP contribution >= 0.6 is 15.9 Å². The van der Waals surface area contributed by atoms with Crippen molar-refractivity contribution in [3.05, 3.63) is 82.0 Å². The zero-order valence-corrected chi connectivity index (χ0v) is 20.5. The third-order valence-electron chi connectivity index (χ3n) is 5.90. The summed E-state index contributed by atoms with van der Waals surface area (Å²) in [5, 5.41) is 14.2. The van der Waals surface area contributed by atoms with Gasteiger partial charge in [0.15, 0.2) is 0 Å². The number of carboxylic acids is 1. The van der Waals surface area contributed by atoms with Gasteiger partial charge in [-0.05, 0) is 63.2 Å². The molecule has 1 atom stereocenters. The minimum atomic E-state index is -1.10. The number of rotatable bonds is 8. The van der Waals surface area contributed by atoms with E-state index >= 15 is 0 Å². The summed E-state index contributed by atoms with van der Waals surface area (Å²) in [6, 6.07) is 16.5. The fourth-order valence-electron chi connectivity index (χ4n) is 4.14. The molecule has 0 bridgehead atoms. The van der Waals surface area contributed by atoms with E-state index in [2.05, 4.69) is 31.5 Å². The van der Waals surface area contributed by atoms with Crippen LogP contribution in [-0.4, -0.2) is 40.7 Å². The summed E-state index contributed by atoms with van der Waals surface area (Å²) >= 11 is 3.35. The van der Waals surface area contributed by atoms with Crippen LogP contribution in [0.25, 0.3) is 11.1 Å². The van der Waals surface area contributed by atoms with Crippen LogP contribution in [-0.2, 0) is 14.3 Å². The fraction of sp³-hybridized carbons (Fsp3) is 0.231.